The molecule has 5 heteroatoms. The van der Waals surface area contributed by atoms with Gasteiger partial charge >= 0.3 is 0 Å². The van der Waals surface area contributed by atoms with E-state index >= 15 is 0 Å². The van der Waals surface area contributed by atoms with Crippen LogP contribution in [0.15, 0.2) is 71.4 Å². The number of hydrogen-bond acceptors (Lipinski definition) is 4. The topological polar surface area (TPSA) is 56.7 Å². The summed E-state index contributed by atoms with van der Waals surface area (Å²) in [5.74, 6) is 1.38. The molecule has 0 amide bonds. The number of hydrogen-bond donors (Lipinski definition) is 0. The van der Waals surface area contributed by atoms with E-state index in [1.807, 2.05) is 47.3 Å². The molecule has 2 aromatic carbocycles. The molecule has 0 saturated carbocycles. The molecular formula is C22H22N4O. The predicted molar refractivity (Wildman–Crippen MR) is 105 cm³/mol. The molecule has 2 aromatic heterocycles. The highest BCUT2D eigenvalue weighted by atomic mass is 16.5. The summed E-state index contributed by atoms with van der Waals surface area (Å²) in [6, 6.07) is 20.5. The summed E-state index contributed by atoms with van der Waals surface area (Å²) in [7, 11) is 0. The molecule has 5 nitrogen and oxygen atoms in total. The SMILES string of the molecule is CC[C@@H](c1ccccc1)c1nc(-c2cccc(-c3ccnn3CC)c2)no1. The van der Waals surface area contributed by atoms with Gasteiger partial charge in [0.05, 0.1) is 11.6 Å². The number of rotatable bonds is 6. The normalized spacial score (nSPS) is 12.2. The lowest BCUT2D eigenvalue weighted by Gasteiger charge is -2.09. The molecule has 0 fully saturated rings. The zero-order valence-corrected chi connectivity index (χ0v) is 15.5. The molecule has 0 unspecified atom stereocenters. The zero-order valence-electron chi connectivity index (χ0n) is 15.5. The Balaban J connectivity index is 1.67. The van der Waals surface area contributed by atoms with Gasteiger partial charge in [-0.1, -0.05) is 60.6 Å². The van der Waals surface area contributed by atoms with E-state index in [-0.39, 0.29) is 5.92 Å². The molecule has 4 aromatic rings. The average molecular weight is 358 g/mol. The average Bonchev–Trinajstić information content (AvgIpc) is 3.39. The molecule has 1 atom stereocenters. The number of aromatic nitrogens is 4. The summed E-state index contributed by atoms with van der Waals surface area (Å²) in [5.41, 5.74) is 4.30. The lowest BCUT2D eigenvalue weighted by Crippen LogP contribution is -2.00. The number of nitrogens with zero attached hydrogens (tertiary/aromatic N) is 4. The van der Waals surface area contributed by atoms with E-state index < -0.39 is 0 Å². The third-order valence-electron chi connectivity index (χ3n) is 4.78. The Hall–Kier alpha value is -3.21. The second kappa shape index (κ2) is 7.58. The van der Waals surface area contributed by atoms with Crippen molar-refractivity contribution in [2.75, 3.05) is 0 Å². The summed E-state index contributed by atoms with van der Waals surface area (Å²) in [6.45, 7) is 5.04. The van der Waals surface area contributed by atoms with Gasteiger partial charge in [0.15, 0.2) is 0 Å². The first-order valence-electron chi connectivity index (χ1n) is 9.31. The van der Waals surface area contributed by atoms with Crippen LogP contribution in [0.2, 0.25) is 0 Å². The summed E-state index contributed by atoms with van der Waals surface area (Å²) >= 11 is 0. The lowest BCUT2D eigenvalue weighted by molar-refractivity contribution is 0.363. The van der Waals surface area contributed by atoms with Crippen LogP contribution in [0.5, 0.6) is 0 Å². The van der Waals surface area contributed by atoms with Crippen molar-refractivity contribution >= 4 is 0 Å². The van der Waals surface area contributed by atoms with Crippen molar-refractivity contribution in [3.63, 3.8) is 0 Å². The van der Waals surface area contributed by atoms with Crippen LogP contribution in [0.1, 0.15) is 37.6 Å². The third-order valence-corrected chi connectivity index (χ3v) is 4.78. The quantitative estimate of drug-likeness (QED) is 0.477. The Kier molecular flexibility index (Phi) is 4.83. The number of benzene rings is 2. The minimum Gasteiger partial charge on any atom is -0.338 e. The van der Waals surface area contributed by atoms with E-state index in [0.717, 1.165) is 29.8 Å². The van der Waals surface area contributed by atoms with Gasteiger partial charge in [-0.25, -0.2) is 0 Å². The van der Waals surface area contributed by atoms with E-state index in [2.05, 4.69) is 48.4 Å². The van der Waals surface area contributed by atoms with Crippen molar-refractivity contribution in [1.29, 1.82) is 0 Å². The van der Waals surface area contributed by atoms with Gasteiger partial charge in [0.25, 0.3) is 0 Å². The Morgan fingerprint density at radius 3 is 2.56 bits per heavy atom. The van der Waals surface area contributed by atoms with Crippen LogP contribution in [0.3, 0.4) is 0 Å². The van der Waals surface area contributed by atoms with Crippen molar-refractivity contribution in [1.82, 2.24) is 19.9 Å². The molecule has 0 saturated heterocycles. The van der Waals surface area contributed by atoms with Crippen molar-refractivity contribution in [2.45, 2.75) is 32.7 Å². The molecule has 4 rings (SSSR count). The van der Waals surface area contributed by atoms with Crippen molar-refractivity contribution in [2.24, 2.45) is 0 Å². The Morgan fingerprint density at radius 1 is 0.963 bits per heavy atom. The minimum absolute atomic E-state index is 0.108. The van der Waals surface area contributed by atoms with Crippen molar-refractivity contribution in [3.05, 3.63) is 78.3 Å². The maximum absolute atomic E-state index is 5.62. The van der Waals surface area contributed by atoms with E-state index in [1.165, 1.54) is 5.56 Å². The van der Waals surface area contributed by atoms with Gasteiger partial charge in [0.2, 0.25) is 11.7 Å². The Labute approximate surface area is 158 Å². The fraction of sp³-hybridized carbons (Fsp3) is 0.227. The van der Waals surface area contributed by atoms with Gasteiger partial charge in [0, 0.05) is 23.9 Å². The maximum Gasteiger partial charge on any atom is 0.234 e. The van der Waals surface area contributed by atoms with Gasteiger partial charge < -0.3 is 4.52 Å². The monoisotopic (exact) mass is 358 g/mol. The molecule has 2 heterocycles. The molecule has 0 aliphatic carbocycles. The third kappa shape index (κ3) is 3.40. The van der Waals surface area contributed by atoms with Gasteiger partial charge in [0.1, 0.15) is 0 Å². The van der Waals surface area contributed by atoms with Crippen LogP contribution in [-0.4, -0.2) is 19.9 Å². The van der Waals surface area contributed by atoms with Gasteiger partial charge in [-0.05, 0) is 31.0 Å². The minimum atomic E-state index is 0.108. The van der Waals surface area contributed by atoms with E-state index in [9.17, 15) is 0 Å². The summed E-state index contributed by atoms with van der Waals surface area (Å²) < 4.78 is 7.60. The highest BCUT2D eigenvalue weighted by Crippen LogP contribution is 2.29. The second-order valence-corrected chi connectivity index (χ2v) is 6.44. The van der Waals surface area contributed by atoms with Crippen LogP contribution < -0.4 is 0 Å². The van der Waals surface area contributed by atoms with Crippen molar-refractivity contribution < 1.29 is 4.52 Å². The van der Waals surface area contributed by atoms with Gasteiger partial charge in [-0.3, -0.25) is 4.68 Å². The van der Waals surface area contributed by atoms with Crippen LogP contribution in [-0.2, 0) is 6.54 Å². The highest BCUT2D eigenvalue weighted by Gasteiger charge is 2.20. The zero-order chi connectivity index (χ0) is 18.6. The summed E-state index contributed by atoms with van der Waals surface area (Å²) in [4.78, 5) is 4.69. The van der Waals surface area contributed by atoms with Crippen LogP contribution in [0.25, 0.3) is 22.6 Å². The van der Waals surface area contributed by atoms with Gasteiger partial charge in [-0.2, -0.15) is 10.1 Å². The lowest BCUT2D eigenvalue weighted by atomic mass is 9.96. The molecule has 0 N–H and O–H groups in total. The van der Waals surface area contributed by atoms with Crippen LogP contribution >= 0.6 is 0 Å². The molecule has 0 bridgehead atoms. The van der Waals surface area contributed by atoms with E-state index in [4.69, 9.17) is 9.51 Å². The molecule has 27 heavy (non-hydrogen) atoms. The Bertz CT molecular complexity index is 1020. The smallest absolute Gasteiger partial charge is 0.234 e. The first-order chi connectivity index (χ1) is 13.3. The fourth-order valence-corrected chi connectivity index (χ4v) is 3.38. The summed E-state index contributed by atoms with van der Waals surface area (Å²) in [6.07, 6.45) is 2.73. The van der Waals surface area contributed by atoms with E-state index in [1.54, 1.807) is 0 Å². The molecule has 0 aliphatic heterocycles. The molecule has 136 valence electrons. The Morgan fingerprint density at radius 2 is 1.78 bits per heavy atom. The van der Waals surface area contributed by atoms with Gasteiger partial charge in [-0.15, -0.1) is 0 Å². The van der Waals surface area contributed by atoms with Crippen LogP contribution in [0, 0.1) is 0 Å². The maximum atomic E-state index is 5.62. The molecule has 0 radical (unpaired) electrons. The molecule has 0 spiro atoms. The molecule has 0 aliphatic rings. The standard InChI is InChI=1S/C22H22N4O/c1-3-19(16-9-6-5-7-10-16)22-24-21(25-27-22)18-12-8-11-17(15-18)20-13-14-23-26(20)4-2/h5-15,19H,3-4H2,1-2H3/t19-/m0/s1. The first kappa shape index (κ1) is 17.2. The second-order valence-electron chi connectivity index (χ2n) is 6.44. The van der Waals surface area contributed by atoms with Crippen LogP contribution in [0.4, 0.5) is 0 Å². The van der Waals surface area contributed by atoms with Crippen molar-refractivity contribution in [3.8, 4) is 22.6 Å². The first-order valence-corrected chi connectivity index (χ1v) is 9.31. The summed E-state index contributed by atoms with van der Waals surface area (Å²) in [5, 5.41) is 8.59. The fourth-order valence-electron chi connectivity index (χ4n) is 3.38. The molecular weight excluding hydrogens is 336 g/mol. The largest absolute Gasteiger partial charge is 0.338 e. The number of aryl methyl sites for hydroxylation is 1. The van der Waals surface area contributed by atoms with E-state index in [0.29, 0.717) is 11.7 Å². The highest BCUT2D eigenvalue weighted by molar-refractivity contribution is 5.67. The predicted octanol–water partition coefficient (Wildman–Crippen LogP) is 5.16.